The molecule has 11 rings (SSSR count). The lowest BCUT2D eigenvalue weighted by atomic mass is 9.85. The van der Waals surface area contributed by atoms with Gasteiger partial charge in [0.05, 0.1) is 0 Å². The van der Waals surface area contributed by atoms with Crippen molar-refractivity contribution in [2.45, 2.75) is 0 Å². The van der Waals surface area contributed by atoms with Crippen LogP contribution in [0.1, 0.15) is 0 Å². The molecule has 11 aromatic carbocycles. The van der Waals surface area contributed by atoms with E-state index in [2.05, 4.69) is 158 Å². The van der Waals surface area contributed by atoms with Crippen LogP contribution in [0.4, 0.5) is 0 Å². The standard InChI is InChI=1S/C46H26O/c1-3-17-36-33(15-1)45(39-25-31-13-5-9-27-21-23-29-11-7-19-35(39)43(29)41(27)31)34-16-2-4-18-37(34)46(36)47-40-26-32-14-6-10-28-22-24-30-12-8-20-38(40)44(30)42(28)32/h1-26H. The molecule has 0 atom stereocenters. The van der Waals surface area contributed by atoms with Crippen LogP contribution in [0.5, 0.6) is 11.5 Å². The quantitative estimate of drug-likeness (QED) is 0.146. The van der Waals surface area contributed by atoms with E-state index >= 15 is 0 Å². The van der Waals surface area contributed by atoms with Crippen molar-refractivity contribution in [1.82, 2.24) is 0 Å². The summed E-state index contributed by atoms with van der Waals surface area (Å²) in [5.41, 5.74) is 2.50. The Morgan fingerprint density at radius 1 is 0.298 bits per heavy atom. The SMILES string of the molecule is c1cc2ccc3cccc4c(Oc5c6ccccc6c(-c6cc7cccc8ccc9cccc6c9c87)c6ccccc56)cc(c1)c2c34. The molecule has 0 heterocycles. The Bertz CT molecular complexity index is 2980. The van der Waals surface area contributed by atoms with E-state index in [4.69, 9.17) is 4.74 Å². The average Bonchev–Trinajstić information content (AvgIpc) is 3.13. The van der Waals surface area contributed by atoms with Crippen LogP contribution in [0.2, 0.25) is 0 Å². The summed E-state index contributed by atoms with van der Waals surface area (Å²) in [5, 5.41) is 19.7. The largest absolute Gasteiger partial charge is 0.455 e. The lowest BCUT2D eigenvalue weighted by molar-refractivity contribution is 0.500. The van der Waals surface area contributed by atoms with Crippen LogP contribution < -0.4 is 4.74 Å². The fourth-order valence-corrected chi connectivity index (χ4v) is 8.38. The van der Waals surface area contributed by atoms with Gasteiger partial charge in [0.1, 0.15) is 11.5 Å². The topological polar surface area (TPSA) is 9.23 Å². The van der Waals surface area contributed by atoms with Crippen LogP contribution in [-0.2, 0) is 0 Å². The minimum atomic E-state index is 0.882. The van der Waals surface area contributed by atoms with Crippen LogP contribution in [0.3, 0.4) is 0 Å². The monoisotopic (exact) mass is 594 g/mol. The highest BCUT2D eigenvalue weighted by atomic mass is 16.5. The first kappa shape index (κ1) is 25.1. The van der Waals surface area contributed by atoms with Gasteiger partial charge in [0.15, 0.2) is 0 Å². The first-order valence-corrected chi connectivity index (χ1v) is 16.3. The smallest absolute Gasteiger partial charge is 0.143 e. The highest BCUT2D eigenvalue weighted by Crippen LogP contribution is 2.50. The molecule has 0 aliphatic rings. The van der Waals surface area contributed by atoms with Gasteiger partial charge in [0, 0.05) is 21.5 Å². The highest BCUT2D eigenvalue weighted by Gasteiger charge is 2.21. The van der Waals surface area contributed by atoms with E-state index in [1.807, 2.05) is 0 Å². The molecule has 0 aliphatic heterocycles. The molecule has 1 nitrogen and oxygen atoms in total. The van der Waals surface area contributed by atoms with Crippen LogP contribution in [0.25, 0.3) is 97.3 Å². The lowest BCUT2D eigenvalue weighted by Gasteiger charge is -2.21. The lowest BCUT2D eigenvalue weighted by Crippen LogP contribution is -1.95. The van der Waals surface area contributed by atoms with Gasteiger partial charge in [-0.15, -0.1) is 0 Å². The predicted molar refractivity (Wildman–Crippen MR) is 201 cm³/mol. The summed E-state index contributed by atoms with van der Waals surface area (Å²) in [4.78, 5) is 0. The average molecular weight is 595 g/mol. The van der Waals surface area contributed by atoms with Crippen molar-refractivity contribution in [3.8, 4) is 22.6 Å². The van der Waals surface area contributed by atoms with E-state index in [0.29, 0.717) is 0 Å². The van der Waals surface area contributed by atoms with Crippen LogP contribution in [0.15, 0.2) is 158 Å². The molecule has 216 valence electrons. The number of hydrogen-bond donors (Lipinski definition) is 0. The van der Waals surface area contributed by atoms with Crippen LogP contribution in [0, 0.1) is 0 Å². The molecule has 0 aromatic heterocycles. The van der Waals surface area contributed by atoms with E-state index in [0.717, 1.165) is 27.7 Å². The normalized spacial score (nSPS) is 12.3. The molecule has 47 heavy (non-hydrogen) atoms. The summed E-state index contributed by atoms with van der Waals surface area (Å²) < 4.78 is 7.20. The summed E-state index contributed by atoms with van der Waals surface area (Å²) in [6.07, 6.45) is 0. The Balaban J connectivity index is 1.25. The Morgan fingerprint density at radius 2 is 0.723 bits per heavy atom. The van der Waals surface area contributed by atoms with Crippen LogP contribution in [-0.4, -0.2) is 0 Å². The fourth-order valence-electron chi connectivity index (χ4n) is 8.38. The maximum absolute atomic E-state index is 7.20. The van der Waals surface area contributed by atoms with Crippen molar-refractivity contribution in [3.63, 3.8) is 0 Å². The molecule has 0 spiro atoms. The summed E-state index contributed by atoms with van der Waals surface area (Å²) >= 11 is 0. The molecule has 0 unspecified atom stereocenters. The predicted octanol–water partition coefficient (Wildman–Crippen LogP) is 13.2. The van der Waals surface area contributed by atoms with Crippen molar-refractivity contribution < 1.29 is 4.74 Å². The minimum absolute atomic E-state index is 0.882. The van der Waals surface area contributed by atoms with Gasteiger partial charge in [-0.1, -0.05) is 146 Å². The van der Waals surface area contributed by atoms with E-state index in [1.165, 1.54) is 81.1 Å². The van der Waals surface area contributed by atoms with Gasteiger partial charge >= 0.3 is 0 Å². The first-order valence-electron chi connectivity index (χ1n) is 16.3. The fraction of sp³-hybridized carbons (Fsp3) is 0. The van der Waals surface area contributed by atoms with Crippen molar-refractivity contribution in [2.24, 2.45) is 0 Å². The van der Waals surface area contributed by atoms with Gasteiger partial charge in [0.2, 0.25) is 0 Å². The number of hydrogen-bond acceptors (Lipinski definition) is 1. The number of benzene rings is 11. The zero-order valence-corrected chi connectivity index (χ0v) is 25.4. The molecule has 0 fully saturated rings. The molecule has 11 aromatic rings. The van der Waals surface area contributed by atoms with Crippen molar-refractivity contribution in [1.29, 1.82) is 0 Å². The molecule has 0 bridgehead atoms. The Kier molecular flexibility index (Phi) is 4.90. The van der Waals surface area contributed by atoms with Gasteiger partial charge in [-0.25, -0.2) is 0 Å². The second-order valence-corrected chi connectivity index (χ2v) is 12.8. The first-order chi connectivity index (χ1) is 23.3. The third-order valence-electron chi connectivity index (χ3n) is 10.3. The summed E-state index contributed by atoms with van der Waals surface area (Å²) in [5.74, 6) is 1.78. The zero-order chi connectivity index (χ0) is 30.6. The molecular formula is C46H26O. The van der Waals surface area contributed by atoms with Crippen molar-refractivity contribution >= 4 is 86.2 Å². The van der Waals surface area contributed by atoms with Gasteiger partial charge in [-0.3, -0.25) is 0 Å². The molecule has 0 radical (unpaired) electrons. The molecule has 0 amide bonds. The van der Waals surface area contributed by atoms with E-state index in [-0.39, 0.29) is 0 Å². The van der Waals surface area contributed by atoms with Crippen molar-refractivity contribution in [3.05, 3.63) is 158 Å². The Hall–Kier alpha value is -6.18. The minimum Gasteiger partial charge on any atom is -0.455 e. The maximum Gasteiger partial charge on any atom is 0.143 e. The second-order valence-electron chi connectivity index (χ2n) is 12.8. The van der Waals surface area contributed by atoms with Crippen LogP contribution >= 0.6 is 0 Å². The van der Waals surface area contributed by atoms with Gasteiger partial charge in [0.25, 0.3) is 0 Å². The summed E-state index contributed by atoms with van der Waals surface area (Å²) in [6.45, 7) is 0. The summed E-state index contributed by atoms with van der Waals surface area (Å²) in [6, 6.07) is 57.6. The molecule has 0 aliphatic carbocycles. The number of fused-ring (bicyclic) bond motifs is 2. The summed E-state index contributed by atoms with van der Waals surface area (Å²) in [7, 11) is 0. The second kappa shape index (κ2) is 9.19. The van der Waals surface area contributed by atoms with Gasteiger partial charge in [-0.05, 0) is 87.9 Å². The van der Waals surface area contributed by atoms with E-state index in [1.54, 1.807) is 0 Å². The molecule has 0 N–H and O–H groups in total. The molecule has 0 saturated carbocycles. The Labute approximate surface area is 270 Å². The van der Waals surface area contributed by atoms with E-state index < -0.39 is 0 Å². The van der Waals surface area contributed by atoms with Crippen molar-refractivity contribution in [2.75, 3.05) is 0 Å². The zero-order valence-electron chi connectivity index (χ0n) is 25.4. The molecular weight excluding hydrogens is 569 g/mol. The maximum atomic E-state index is 7.20. The molecule has 1 heteroatoms. The third kappa shape index (κ3) is 3.38. The van der Waals surface area contributed by atoms with E-state index in [9.17, 15) is 0 Å². The molecule has 0 saturated heterocycles. The third-order valence-corrected chi connectivity index (χ3v) is 10.3. The number of ether oxygens (including phenoxy) is 1. The Morgan fingerprint density at radius 3 is 1.32 bits per heavy atom. The van der Waals surface area contributed by atoms with Gasteiger partial charge in [-0.2, -0.15) is 0 Å². The van der Waals surface area contributed by atoms with Gasteiger partial charge < -0.3 is 4.74 Å². The highest BCUT2D eigenvalue weighted by molar-refractivity contribution is 6.30. The number of rotatable bonds is 3.